The number of halogens is 1. The fourth-order valence-electron chi connectivity index (χ4n) is 0.267. The molecule has 0 N–H and O–H groups in total. The predicted molar refractivity (Wildman–Crippen MR) is 34.9 cm³/mol. The van der Waals surface area contributed by atoms with E-state index in [1.165, 1.54) is 0 Å². The van der Waals surface area contributed by atoms with Crippen LogP contribution in [-0.2, 0) is 4.79 Å². The molecule has 0 saturated carbocycles. The van der Waals surface area contributed by atoms with Gasteiger partial charge < -0.3 is 0 Å². The standard InChI is InChI=1S/C6H8ClNO/c1-6(2,3-4-8)5(7)9/h3H2,1-2H3. The molecule has 0 saturated heterocycles. The van der Waals surface area contributed by atoms with Crippen molar-refractivity contribution in [3.8, 4) is 6.07 Å². The van der Waals surface area contributed by atoms with Crippen LogP contribution in [0.5, 0.6) is 0 Å². The minimum atomic E-state index is -0.684. The van der Waals surface area contributed by atoms with E-state index in [1.807, 2.05) is 6.07 Å². The van der Waals surface area contributed by atoms with Gasteiger partial charge in [-0.05, 0) is 11.6 Å². The minimum absolute atomic E-state index is 0.176. The Kier molecular flexibility index (Phi) is 2.66. The van der Waals surface area contributed by atoms with Crippen molar-refractivity contribution in [1.82, 2.24) is 0 Å². The molecule has 0 aromatic rings. The van der Waals surface area contributed by atoms with E-state index in [1.54, 1.807) is 13.8 Å². The average Bonchev–Trinajstić information content (AvgIpc) is 1.65. The third-order valence-electron chi connectivity index (χ3n) is 1.05. The first kappa shape index (κ1) is 8.45. The van der Waals surface area contributed by atoms with Gasteiger partial charge in [-0.1, -0.05) is 13.8 Å². The second-order valence-corrected chi connectivity index (χ2v) is 2.84. The molecule has 3 heteroatoms. The van der Waals surface area contributed by atoms with Gasteiger partial charge in [0.15, 0.2) is 0 Å². The summed E-state index contributed by atoms with van der Waals surface area (Å²) >= 11 is 5.16. The second kappa shape index (κ2) is 2.84. The van der Waals surface area contributed by atoms with Gasteiger partial charge in [0.2, 0.25) is 5.24 Å². The second-order valence-electron chi connectivity index (χ2n) is 2.49. The Labute approximate surface area is 59.4 Å². The molecule has 0 unspecified atom stereocenters. The van der Waals surface area contributed by atoms with E-state index >= 15 is 0 Å². The lowest BCUT2D eigenvalue weighted by Gasteiger charge is -2.13. The Bertz CT molecular complexity index is 157. The molecule has 0 amide bonds. The van der Waals surface area contributed by atoms with Crippen LogP contribution < -0.4 is 0 Å². The summed E-state index contributed by atoms with van der Waals surface area (Å²) in [4.78, 5) is 10.5. The van der Waals surface area contributed by atoms with Gasteiger partial charge >= 0.3 is 0 Å². The van der Waals surface area contributed by atoms with Gasteiger partial charge in [0.25, 0.3) is 0 Å². The first-order valence-electron chi connectivity index (χ1n) is 2.57. The maximum Gasteiger partial charge on any atom is 0.228 e. The SMILES string of the molecule is CC(C)(CC#N)C(=O)Cl. The van der Waals surface area contributed by atoms with Gasteiger partial charge in [-0.2, -0.15) is 5.26 Å². The average molecular weight is 146 g/mol. The van der Waals surface area contributed by atoms with Crippen molar-refractivity contribution >= 4 is 16.8 Å². The van der Waals surface area contributed by atoms with Crippen LogP contribution in [0.25, 0.3) is 0 Å². The van der Waals surface area contributed by atoms with Crippen molar-refractivity contribution < 1.29 is 4.79 Å². The van der Waals surface area contributed by atoms with Gasteiger partial charge in [0.1, 0.15) is 0 Å². The molecule has 0 radical (unpaired) electrons. The molecule has 0 atom stereocenters. The molecule has 0 aliphatic carbocycles. The van der Waals surface area contributed by atoms with Crippen LogP contribution in [0, 0.1) is 16.7 Å². The molecule has 0 spiro atoms. The lowest BCUT2D eigenvalue weighted by Crippen LogP contribution is -2.18. The number of nitriles is 1. The van der Waals surface area contributed by atoms with E-state index in [0.29, 0.717) is 0 Å². The highest BCUT2D eigenvalue weighted by Gasteiger charge is 2.24. The van der Waals surface area contributed by atoms with Gasteiger partial charge in [0, 0.05) is 6.42 Å². The van der Waals surface area contributed by atoms with E-state index in [0.717, 1.165) is 0 Å². The van der Waals surface area contributed by atoms with E-state index in [4.69, 9.17) is 16.9 Å². The third-order valence-corrected chi connectivity index (χ3v) is 1.56. The summed E-state index contributed by atoms with van der Waals surface area (Å²) in [6, 6.07) is 1.88. The Balaban J connectivity index is 4.06. The lowest BCUT2D eigenvalue weighted by molar-refractivity contribution is -0.118. The summed E-state index contributed by atoms with van der Waals surface area (Å²) in [6.07, 6.45) is 0.176. The molecule has 0 aliphatic heterocycles. The maximum atomic E-state index is 10.5. The molecule has 0 aliphatic rings. The van der Waals surface area contributed by atoms with Crippen LogP contribution in [-0.4, -0.2) is 5.24 Å². The van der Waals surface area contributed by atoms with Crippen molar-refractivity contribution in [2.24, 2.45) is 5.41 Å². The van der Waals surface area contributed by atoms with Crippen molar-refractivity contribution in [3.63, 3.8) is 0 Å². The predicted octanol–water partition coefficient (Wildman–Crippen LogP) is 1.69. The summed E-state index contributed by atoms with van der Waals surface area (Å²) in [5, 5.41) is 7.74. The quantitative estimate of drug-likeness (QED) is 0.555. The van der Waals surface area contributed by atoms with Crippen LogP contribution in [0.4, 0.5) is 0 Å². The van der Waals surface area contributed by atoms with Crippen molar-refractivity contribution in [2.75, 3.05) is 0 Å². The molecule has 9 heavy (non-hydrogen) atoms. The largest absolute Gasteiger partial charge is 0.281 e. The zero-order chi connectivity index (χ0) is 7.49. The Morgan fingerprint density at radius 3 is 2.33 bits per heavy atom. The monoisotopic (exact) mass is 145 g/mol. The molecule has 50 valence electrons. The summed E-state index contributed by atoms with van der Waals surface area (Å²) in [7, 11) is 0. The maximum absolute atomic E-state index is 10.5. The fraction of sp³-hybridized carbons (Fsp3) is 0.667. The van der Waals surface area contributed by atoms with Crippen LogP contribution in [0.3, 0.4) is 0 Å². The highest BCUT2D eigenvalue weighted by molar-refractivity contribution is 6.64. The number of rotatable bonds is 2. The third kappa shape index (κ3) is 2.48. The van der Waals surface area contributed by atoms with Crippen molar-refractivity contribution in [3.05, 3.63) is 0 Å². The van der Waals surface area contributed by atoms with Crippen LogP contribution >= 0.6 is 11.6 Å². The smallest absolute Gasteiger partial charge is 0.228 e. The molecule has 2 nitrogen and oxygen atoms in total. The van der Waals surface area contributed by atoms with E-state index in [9.17, 15) is 4.79 Å². The van der Waals surface area contributed by atoms with Gasteiger partial charge in [0.05, 0.1) is 11.5 Å². The topological polar surface area (TPSA) is 40.9 Å². The lowest BCUT2D eigenvalue weighted by atomic mass is 9.92. The molecule has 0 aromatic heterocycles. The summed E-state index contributed by atoms with van der Waals surface area (Å²) in [5.41, 5.74) is -0.684. The zero-order valence-corrected chi connectivity index (χ0v) is 6.20. The molecule has 0 heterocycles. The number of carbonyl (C=O) groups excluding carboxylic acids is 1. The molecule has 0 rings (SSSR count). The molecule has 0 bridgehead atoms. The van der Waals surface area contributed by atoms with Gasteiger partial charge in [-0.3, -0.25) is 4.79 Å². The first-order chi connectivity index (χ1) is 4.00. The van der Waals surface area contributed by atoms with Crippen LogP contribution in [0.15, 0.2) is 0 Å². The number of hydrogen-bond donors (Lipinski definition) is 0. The number of carbonyl (C=O) groups is 1. The zero-order valence-electron chi connectivity index (χ0n) is 5.44. The normalized spacial score (nSPS) is 10.4. The van der Waals surface area contributed by atoms with E-state index in [2.05, 4.69) is 0 Å². The van der Waals surface area contributed by atoms with E-state index < -0.39 is 10.7 Å². The van der Waals surface area contributed by atoms with Crippen LogP contribution in [0.2, 0.25) is 0 Å². The summed E-state index contributed by atoms with van der Waals surface area (Å²) in [5.74, 6) is 0. The van der Waals surface area contributed by atoms with Crippen LogP contribution in [0.1, 0.15) is 20.3 Å². The van der Waals surface area contributed by atoms with Gasteiger partial charge in [-0.25, -0.2) is 0 Å². The van der Waals surface area contributed by atoms with Crippen molar-refractivity contribution in [1.29, 1.82) is 5.26 Å². The highest BCUT2D eigenvalue weighted by Crippen LogP contribution is 2.22. The summed E-state index contributed by atoms with van der Waals surface area (Å²) in [6.45, 7) is 3.29. The van der Waals surface area contributed by atoms with E-state index in [-0.39, 0.29) is 6.42 Å². The molecule has 0 fully saturated rings. The molecular formula is C6H8ClNO. The number of nitrogens with zero attached hydrogens (tertiary/aromatic N) is 1. The molecular weight excluding hydrogens is 138 g/mol. The minimum Gasteiger partial charge on any atom is -0.281 e. The molecule has 0 aromatic carbocycles. The number of hydrogen-bond acceptors (Lipinski definition) is 2. The van der Waals surface area contributed by atoms with Gasteiger partial charge in [-0.15, -0.1) is 0 Å². The first-order valence-corrected chi connectivity index (χ1v) is 2.95. The Hall–Kier alpha value is -0.550. The Morgan fingerprint density at radius 1 is 1.78 bits per heavy atom. The Morgan fingerprint density at radius 2 is 2.22 bits per heavy atom. The fourth-order valence-corrected chi connectivity index (χ4v) is 0.334. The highest BCUT2D eigenvalue weighted by atomic mass is 35.5. The summed E-state index contributed by atoms with van der Waals surface area (Å²) < 4.78 is 0. The van der Waals surface area contributed by atoms with Crippen molar-refractivity contribution in [2.45, 2.75) is 20.3 Å².